The van der Waals surface area contributed by atoms with Crippen molar-refractivity contribution in [2.45, 2.75) is 5.16 Å². The summed E-state index contributed by atoms with van der Waals surface area (Å²) >= 11 is 1.21. The standard InChI is InChI=1S/C17H14N6O2S/c1-25-15-7-5-14(6-8-15)23-17(20-21-22-23)26-11-16(24)19-13-4-2-3-12(9-13)10-18/h2-9H,11H2,1H3,(H,19,24). The Hall–Kier alpha value is -3.38. The molecule has 2 aromatic carbocycles. The molecular weight excluding hydrogens is 352 g/mol. The smallest absolute Gasteiger partial charge is 0.234 e. The van der Waals surface area contributed by atoms with Gasteiger partial charge in [0, 0.05) is 5.69 Å². The molecule has 0 bridgehead atoms. The summed E-state index contributed by atoms with van der Waals surface area (Å²) in [5.41, 5.74) is 1.82. The normalized spacial score (nSPS) is 10.2. The van der Waals surface area contributed by atoms with Gasteiger partial charge in [0.15, 0.2) is 0 Å². The van der Waals surface area contributed by atoms with Crippen molar-refractivity contribution in [2.75, 3.05) is 18.2 Å². The highest BCUT2D eigenvalue weighted by Gasteiger charge is 2.12. The van der Waals surface area contributed by atoms with Gasteiger partial charge in [-0.05, 0) is 52.9 Å². The molecule has 0 atom stereocenters. The molecule has 0 aliphatic carbocycles. The second kappa shape index (κ2) is 8.13. The van der Waals surface area contributed by atoms with Crippen LogP contribution in [0.3, 0.4) is 0 Å². The molecule has 0 saturated carbocycles. The van der Waals surface area contributed by atoms with Gasteiger partial charge in [-0.1, -0.05) is 17.8 Å². The van der Waals surface area contributed by atoms with Crippen molar-refractivity contribution in [2.24, 2.45) is 0 Å². The molecular formula is C17H14N6O2S. The first-order chi connectivity index (χ1) is 12.7. The number of amides is 1. The number of methoxy groups -OCH3 is 1. The lowest BCUT2D eigenvalue weighted by Crippen LogP contribution is -2.14. The van der Waals surface area contributed by atoms with Crippen molar-refractivity contribution in [3.8, 4) is 17.5 Å². The Kier molecular flexibility index (Phi) is 5.46. The number of hydrogen-bond acceptors (Lipinski definition) is 7. The van der Waals surface area contributed by atoms with E-state index in [4.69, 9.17) is 10.00 Å². The van der Waals surface area contributed by atoms with E-state index in [1.54, 1.807) is 48.2 Å². The van der Waals surface area contributed by atoms with Crippen LogP contribution in [0.5, 0.6) is 5.75 Å². The Labute approximate surface area is 153 Å². The van der Waals surface area contributed by atoms with Crippen LogP contribution in [0.1, 0.15) is 5.56 Å². The van der Waals surface area contributed by atoms with E-state index >= 15 is 0 Å². The van der Waals surface area contributed by atoms with Crippen molar-refractivity contribution >= 4 is 23.4 Å². The molecule has 0 spiro atoms. The maximum absolute atomic E-state index is 12.1. The van der Waals surface area contributed by atoms with Gasteiger partial charge in [0.05, 0.1) is 30.2 Å². The second-order valence-corrected chi connectivity index (χ2v) is 6.04. The highest BCUT2D eigenvalue weighted by molar-refractivity contribution is 7.99. The first-order valence-corrected chi connectivity index (χ1v) is 8.54. The van der Waals surface area contributed by atoms with Crippen LogP contribution in [0.4, 0.5) is 5.69 Å². The minimum Gasteiger partial charge on any atom is -0.497 e. The van der Waals surface area contributed by atoms with Crippen molar-refractivity contribution in [1.29, 1.82) is 5.26 Å². The molecule has 130 valence electrons. The Morgan fingerprint density at radius 2 is 2.12 bits per heavy atom. The molecule has 3 aromatic rings. The van der Waals surface area contributed by atoms with Crippen LogP contribution in [0.25, 0.3) is 5.69 Å². The summed E-state index contributed by atoms with van der Waals surface area (Å²) < 4.78 is 6.68. The lowest BCUT2D eigenvalue weighted by atomic mass is 10.2. The fourth-order valence-corrected chi connectivity index (χ4v) is 2.84. The van der Waals surface area contributed by atoms with Gasteiger partial charge in [-0.3, -0.25) is 4.79 Å². The summed E-state index contributed by atoms with van der Waals surface area (Å²) in [4.78, 5) is 12.1. The Morgan fingerprint density at radius 1 is 1.31 bits per heavy atom. The number of nitriles is 1. The number of ether oxygens (including phenoxy) is 1. The number of nitrogens with zero attached hydrogens (tertiary/aromatic N) is 5. The molecule has 0 radical (unpaired) electrons. The molecule has 3 rings (SSSR count). The quantitative estimate of drug-likeness (QED) is 0.667. The fraction of sp³-hybridized carbons (Fsp3) is 0.118. The summed E-state index contributed by atoms with van der Waals surface area (Å²) in [6, 6.07) is 16.0. The van der Waals surface area contributed by atoms with Gasteiger partial charge in [-0.15, -0.1) is 5.10 Å². The van der Waals surface area contributed by atoms with E-state index in [9.17, 15) is 4.79 Å². The lowest BCUT2D eigenvalue weighted by molar-refractivity contribution is -0.113. The van der Waals surface area contributed by atoms with Crippen LogP contribution in [0, 0.1) is 11.3 Å². The first kappa shape index (κ1) is 17.4. The van der Waals surface area contributed by atoms with E-state index in [1.165, 1.54) is 11.8 Å². The van der Waals surface area contributed by atoms with Crippen LogP contribution in [-0.2, 0) is 4.79 Å². The van der Waals surface area contributed by atoms with Gasteiger partial charge in [-0.25, -0.2) is 0 Å². The van der Waals surface area contributed by atoms with Crippen LogP contribution in [-0.4, -0.2) is 39.0 Å². The van der Waals surface area contributed by atoms with Gasteiger partial charge in [0.2, 0.25) is 11.1 Å². The third-order valence-electron chi connectivity index (χ3n) is 3.37. The molecule has 0 fully saturated rings. The zero-order chi connectivity index (χ0) is 18.4. The highest BCUT2D eigenvalue weighted by Crippen LogP contribution is 2.20. The molecule has 0 aliphatic rings. The predicted octanol–water partition coefficient (Wildman–Crippen LogP) is 2.27. The van der Waals surface area contributed by atoms with E-state index in [0.717, 1.165) is 11.4 Å². The molecule has 0 unspecified atom stereocenters. The number of carbonyl (C=O) groups is 1. The monoisotopic (exact) mass is 366 g/mol. The van der Waals surface area contributed by atoms with Crippen molar-refractivity contribution in [3.63, 3.8) is 0 Å². The average molecular weight is 366 g/mol. The lowest BCUT2D eigenvalue weighted by Gasteiger charge is -2.06. The van der Waals surface area contributed by atoms with Crippen molar-refractivity contribution in [3.05, 3.63) is 54.1 Å². The Bertz CT molecular complexity index is 948. The molecule has 0 aliphatic heterocycles. The van der Waals surface area contributed by atoms with Gasteiger partial charge in [-0.2, -0.15) is 9.94 Å². The molecule has 1 heterocycles. The van der Waals surface area contributed by atoms with Crippen LogP contribution < -0.4 is 10.1 Å². The Morgan fingerprint density at radius 3 is 2.85 bits per heavy atom. The van der Waals surface area contributed by atoms with Gasteiger partial charge < -0.3 is 10.1 Å². The summed E-state index contributed by atoms with van der Waals surface area (Å²) in [6.45, 7) is 0. The number of tetrazole rings is 1. The summed E-state index contributed by atoms with van der Waals surface area (Å²) in [6.07, 6.45) is 0. The molecule has 8 nitrogen and oxygen atoms in total. The maximum Gasteiger partial charge on any atom is 0.234 e. The first-order valence-electron chi connectivity index (χ1n) is 7.55. The number of nitrogens with one attached hydrogen (secondary N) is 1. The predicted molar refractivity (Wildman–Crippen MR) is 96.2 cm³/mol. The number of aromatic nitrogens is 4. The average Bonchev–Trinajstić information content (AvgIpc) is 3.15. The van der Waals surface area contributed by atoms with Crippen LogP contribution in [0.2, 0.25) is 0 Å². The van der Waals surface area contributed by atoms with Crippen LogP contribution >= 0.6 is 11.8 Å². The number of thioether (sulfide) groups is 1. The number of anilines is 1. The second-order valence-electron chi connectivity index (χ2n) is 5.10. The molecule has 26 heavy (non-hydrogen) atoms. The van der Waals surface area contributed by atoms with Gasteiger partial charge >= 0.3 is 0 Å². The molecule has 1 amide bonds. The fourth-order valence-electron chi connectivity index (χ4n) is 2.15. The number of rotatable bonds is 6. The van der Waals surface area contributed by atoms with Gasteiger partial charge in [0.1, 0.15) is 5.75 Å². The molecule has 0 saturated heterocycles. The highest BCUT2D eigenvalue weighted by atomic mass is 32.2. The number of carbonyl (C=O) groups excluding carboxylic acids is 1. The maximum atomic E-state index is 12.1. The summed E-state index contributed by atoms with van der Waals surface area (Å²) in [7, 11) is 1.60. The van der Waals surface area contributed by atoms with Crippen molar-refractivity contribution < 1.29 is 9.53 Å². The minimum atomic E-state index is -0.214. The molecule has 1 N–H and O–H groups in total. The van der Waals surface area contributed by atoms with E-state index in [0.29, 0.717) is 16.4 Å². The molecule has 9 heteroatoms. The van der Waals surface area contributed by atoms with Crippen LogP contribution in [0.15, 0.2) is 53.7 Å². The van der Waals surface area contributed by atoms with E-state index in [1.807, 2.05) is 18.2 Å². The third-order valence-corrected chi connectivity index (χ3v) is 4.28. The topological polar surface area (TPSA) is 106 Å². The van der Waals surface area contributed by atoms with E-state index in [2.05, 4.69) is 20.8 Å². The van der Waals surface area contributed by atoms with Gasteiger partial charge in [0.25, 0.3) is 0 Å². The van der Waals surface area contributed by atoms with E-state index < -0.39 is 0 Å². The minimum absolute atomic E-state index is 0.132. The SMILES string of the molecule is COc1ccc(-n2nnnc2SCC(=O)Nc2cccc(C#N)c2)cc1. The number of hydrogen-bond donors (Lipinski definition) is 1. The third kappa shape index (κ3) is 4.17. The largest absolute Gasteiger partial charge is 0.497 e. The number of benzene rings is 2. The zero-order valence-corrected chi connectivity index (χ0v) is 14.6. The summed E-state index contributed by atoms with van der Waals surface area (Å²) in [5.74, 6) is 0.650. The van der Waals surface area contributed by atoms with Crippen molar-refractivity contribution in [1.82, 2.24) is 20.2 Å². The summed E-state index contributed by atoms with van der Waals surface area (Å²) in [5, 5.41) is 23.7. The Balaban J connectivity index is 1.64. The zero-order valence-electron chi connectivity index (χ0n) is 13.8. The molecule has 1 aromatic heterocycles. The van der Waals surface area contributed by atoms with E-state index in [-0.39, 0.29) is 11.7 Å².